The molecule has 1 amide bonds. The maximum Gasteiger partial charge on any atom is 0.217 e. The molecule has 0 spiro atoms. The van der Waals surface area contributed by atoms with Crippen molar-refractivity contribution in [1.82, 2.24) is 29.8 Å². The van der Waals surface area contributed by atoms with Gasteiger partial charge in [0.15, 0.2) is 17.0 Å². The number of carbonyl (C=O) groups is 1. The standard InChI is InChI=1S/C19H26N8O2/c1-11-13(25-29-24-11)9-27-10-21-15-16(22-18(19(2,3)4)23-17(15)27)26-6-5-12(8-26)7-14(20)28/h10,12H,5-9H2,1-4H3,(H2,20,28)/t12-/m0/s1. The summed E-state index contributed by atoms with van der Waals surface area (Å²) in [6, 6.07) is 0. The van der Waals surface area contributed by atoms with Crippen LogP contribution in [0.25, 0.3) is 11.2 Å². The average molecular weight is 398 g/mol. The second-order valence-electron chi connectivity index (χ2n) is 8.73. The van der Waals surface area contributed by atoms with Crippen LogP contribution in [0.3, 0.4) is 0 Å². The Morgan fingerprint density at radius 2 is 2.10 bits per heavy atom. The molecule has 0 bridgehead atoms. The lowest BCUT2D eigenvalue weighted by Crippen LogP contribution is -2.25. The Hall–Kier alpha value is -3.04. The lowest BCUT2D eigenvalue weighted by atomic mass is 9.96. The summed E-state index contributed by atoms with van der Waals surface area (Å²) in [5.74, 6) is 1.53. The summed E-state index contributed by atoms with van der Waals surface area (Å²) in [5, 5.41) is 7.82. The Kier molecular flexibility index (Phi) is 4.71. The smallest absolute Gasteiger partial charge is 0.217 e. The Bertz CT molecular complexity index is 1050. The minimum Gasteiger partial charge on any atom is -0.370 e. The molecule has 0 unspecified atom stereocenters. The highest BCUT2D eigenvalue weighted by atomic mass is 16.6. The number of anilines is 1. The molecule has 3 aromatic heterocycles. The molecule has 10 heteroatoms. The van der Waals surface area contributed by atoms with Gasteiger partial charge in [0.25, 0.3) is 0 Å². The van der Waals surface area contributed by atoms with Gasteiger partial charge >= 0.3 is 0 Å². The number of nitrogens with zero attached hydrogens (tertiary/aromatic N) is 7. The summed E-state index contributed by atoms with van der Waals surface area (Å²) in [5.41, 5.74) is 8.14. The highest BCUT2D eigenvalue weighted by molar-refractivity contribution is 5.84. The highest BCUT2D eigenvalue weighted by Crippen LogP contribution is 2.31. The fraction of sp³-hybridized carbons (Fsp3) is 0.579. The van der Waals surface area contributed by atoms with Crippen LogP contribution in [0.1, 0.15) is 50.8 Å². The fourth-order valence-electron chi connectivity index (χ4n) is 3.63. The summed E-state index contributed by atoms with van der Waals surface area (Å²) in [7, 11) is 0. The van der Waals surface area contributed by atoms with Gasteiger partial charge in [0.2, 0.25) is 5.91 Å². The molecule has 1 aliphatic heterocycles. The highest BCUT2D eigenvalue weighted by Gasteiger charge is 2.29. The minimum atomic E-state index is -0.263. The first-order valence-electron chi connectivity index (χ1n) is 9.77. The van der Waals surface area contributed by atoms with Crippen molar-refractivity contribution in [2.24, 2.45) is 11.7 Å². The van der Waals surface area contributed by atoms with E-state index in [1.165, 1.54) is 0 Å². The monoisotopic (exact) mass is 398 g/mol. The molecule has 0 saturated carbocycles. The molecule has 154 valence electrons. The van der Waals surface area contributed by atoms with Crippen LogP contribution >= 0.6 is 0 Å². The molecular weight excluding hydrogens is 372 g/mol. The number of aromatic nitrogens is 6. The van der Waals surface area contributed by atoms with E-state index in [1.807, 2.05) is 11.5 Å². The molecule has 4 heterocycles. The van der Waals surface area contributed by atoms with Crippen LogP contribution in [0.15, 0.2) is 11.0 Å². The number of hydrogen-bond acceptors (Lipinski definition) is 8. The third-order valence-corrected chi connectivity index (χ3v) is 5.26. The molecule has 3 aromatic rings. The van der Waals surface area contributed by atoms with E-state index < -0.39 is 0 Å². The van der Waals surface area contributed by atoms with E-state index in [9.17, 15) is 4.79 Å². The summed E-state index contributed by atoms with van der Waals surface area (Å²) < 4.78 is 6.76. The zero-order chi connectivity index (χ0) is 20.8. The predicted molar refractivity (Wildman–Crippen MR) is 106 cm³/mol. The number of fused-ring (bicyclic) bond motifs is 1. The van der Waals surface area contributed by atoms with Crippen molar-refractivity contribution in [1.29, 1.82) is 0 Å². The number of aryl methyl sites for hydroxylation is 1. The van der Waals surface area contributed by atoms with E-state index in [0.717, 1.165) is 53.7 Å². The predicted octanol–water partition coefficient (Wildman–Crippen LogP) is 1.57. The SMILES string of the molecule is Cc1nonc1Cn1cnc2c(N3CC[C@@H](CC(N)=O)C3)nc(C(C)(C)C)nc21. The third kappa shape index (κ3) is 3.79. The number of carbonyl (C=O) groups excluding carboxylic acids is 1. The first kappa shape index (κ1) is 19.3. The number of amides is 1. The van der Waals surface area contributed by atoms with Crippen molar-refractivity contribution >= 4 is 22.9 Å². The van der Waals surface area contributed by atoms with Crippen LogP contribution < -0.4 is 10.6 Å². The number of imidazole rings is 1. The van der Waals surface area contributed by atoms with Gasteiger partial charge in [0.1, 0.15) is 17.2 Å². The van der Waals surface area contributed by atoms with Crippen LogP contribution in [0.2, 0.25) is 0 Å². The van der Waals surface area contributed by atoms with Gasteiger partial charge in [0.05, 0.1) is 12.9 Å². The Morgan fingerprint density at radius 3 is 2.76 bits per heavy atom. The van der Waals surface area contributed by atoms with Crippen molar-refractivity contribution < 1.29 is 9.42 Å². The van der Waals surface area contributed by atoms with Crippen LogP contribution in [0.4, 0.5) is 5.82 Å². The molecule has 0 aromatic carbocycles. The molecule has 2 N–H and O–H groups in total. The zero-order valence-electron chi connectivity index (χ0n) is 17.2. The van der Waals surface area contributed by atoms with Crippen LogP contribution in [-0.2, 0) is 16.8 Å². The van der Waals surface area contributed by atoms with Gasteiger partial charge in [-0.1, -0.05) is 31.1 Å². The van der Waals surface area contributed by atoms with Crippen molar-refractivity contribution in [3.8, 4) is 0 Å². The van der Waals surface area contributed by atoms with Gasteiger partial charge < -0.3 is 15.2 Å². The quantitative estimate of drug-likeness (QED) is 0.685. The van der Waals surface area contributed by atoms with E-state index in [0.29, 0.717) is 13.0 Å². The summed E-state index contributed by atoms with van der Waals surface area (Å²) in [4.78, 5) is 27.8. The Balaban J connectivity index is 1.76. The second kappa shape index (κ2) is 7.09. The molecule has 0 aliphatic carbocycles. The van der Waals surface area contributed by atoms with Crippen molar-refractivity contribution in [3.05, 3.63) is 23.5 Å². The minimum absolute atomic E-state index is 0.226. The summed E-state index contributed by atoms with van der Waals surface area (Å²) in [6.07, 6.45) is 3.05. The number of rotatable bonds is 5. The molecule has 1 aliphatic rings. The first-order valence-corrected chi connectivity index (χ1v) is 9.77. The molecule has 1 atom stereocenters. The number of nitrogens with two attached hydrogens (primary N) is 1. The van der Waals surface area contributed by atoms with Crippen LogP contribution in [-0.4, -0.2) is 48.8 Å². The number of primary amides is 1. The molecule has 0 radical (unpaired) electrons. The zero-order valence-corrected chi connectivity index (χ0v) is 17.2. The normalized spacial score (nSPS) is 17.4. The van der Waals surface area contributed by atoms with E-state index in [-0.39, 0.29) is 17.2 Å². The molecule has 1 fully saturated rings. The molecular formula is C19H26N8O2. The first-order chi connectivity index (χ1) is 13.7. The van der Waals surface area contributed by atoms with Crippen molar-refractivity contribution in [2.75, 3.05) is 18.0 Å². The Morgan fingerprint density at radius 1 is 1.31 bits per heavy atom. The van der Waals surface area contributed by atoms with Crippen molar-refractivity contribution in [2.45, 2.75) is 52.5 Å². The maximum absolute atomic E-state index is 11.3. The van der Waals surface area contributed by atoms with Crippen LogP contribution in [0, 0.1) is 12.8 Å². The van der Waals surface area contributed by atoms with Gasteiger partial charge in [-0.25, -0.2) is 19.6 Å². The molecule has 1 saturated heterocycles. The largest absolute Gasteiger partial charge is 0.370 e. The molecule has 10 nitrogen and oxygen atoms in total. The lowest BCUT2D eigenvalue weighted by Gasteiger charge is -2.22. The van der Waals surface area contributed by atoms with Gasteiger partial charge in [-0.15, -0.1) is 0 Å². The van der Waals surface area contributed by atoms with Gasteiger partial charge in [-0.3, -0.25) is 4.79 Å². The summed E-state index contributed by atoms with van der Waals surface area (Å²) >= 11 is 0. The topological polar surface area (TPSA) is 129 Å². The Labute approximate surface area is 168 Å². The maximum atomic E-state index is 11.3. The summed E-state index contributed by atoms with van der Waals surface area (Å²) in [6.45, 7) is 10.1. The van der Waals surface area contributed by atoms with Crippen molar-refractivity contribution in [3.63, 3.8) is 0 Å². The molecule has 4 rings (SSSR count). The average Bonchev–Trinajstić information content (AvgIpc) is 3.35. The lowest BCUT2D eigenvalue weighted by molar-refractivity contribution is -0.118. The fourth-order valence-corrected chi connectivity index (χ4v) is 3.63. The molecule has 29 heavy (non-hydrogen) atoms. The van der Waals surface area contributed by atoms with E-state index >= 15 is 0 Å². The van der Waals surface area contributed by atoms with Gasteiger partial charge in [0, 0.05) is 24.9 Å². The van der Waals surface area contributed by atoms with Crippen LogP contribution in [0.5, 0.6) is 0 Å². The van der Waals surface area contributed by atoms with E-state index in [4.69, 9.17) is 20.3 Å². The second-order valence-corrected chi connectivity index (χ2v) is 8.73. The van der Waals surface area contributed by atoms with E-state index in [2.05, 4.69) is 41.0 Å². The van der Waals surface area contributed by atoms with Gasteiger partial charge in [-0.2, -0.15) is 0 Å². The van der Waals surface area contributed by atoms with E-state index in [1.54, 1.807) is 6.33 Å². The number of hydrogen-bond donors (Lipinski definition) is 1. The third-order valence-electron chi connectivity index (χ3n) is 5.26. The van der Waals surface area contributed by atoms with Gasteiger partial charge in [-0.05, 0) is 19.3 Å².